The van der Waals surface area contributed by atoms with Crippen LogP contribution >= 0.6 is 0 Å². The van der Waals surface area contributed by atoms with Crippen molar-refractivity contribution in [1.82, 2.24) is 15.3 Å². The fraction of sp³-hybridized carbons (Fsp3) is 0.714. The third-order valence-corrected chi connectivity index (χ3v) is 3.48. The first-order valence-corrected chi connectivity index (χ1v) is 7.01. The van der Waals surface area contributed by atoms with Gasteiger partial charge in [-0.25, -0.2) is 9.97 Å². The Hall–Kier alpha value is -1.16. The molecule has 0 unspecified atom stereocenters. The predicted octanol–water partition coefficient (Wildman–Crippen LogP) is 2.08. The van der Waals surface area contributed by atoms with Gasteiger partial charge in [0, 0.05) is 31.5 Å². The highest BCUT2D eigenvalue weighted by Gasteiger charge is 2.19. The molecule has 18 heavy (non-hydrogen) atoms. The van der Waals surface area contributed by atoms with Gasteiger partial charge in [-0.3, -0.25) is 0 Å². The summed E-state index contributed by atoms with van der Waals surface area (Å²) < 4.78 is 0. The molecule has 1 saturated heterocycles. The number of hydrogen-bond donors (Lipinski definition) is 1. The minimum Gasteiger partial charge on any atom is -0.341 e. The van der Waals surface area contributed by atoms with E-state index in [4.69, 9.17) is 0 Å². The lowest BCUT2D eigenvalue weighted by Crippen LogP contribution is -2.43. The van der Waals surface area contributed by atoms with Crippen molar-refractivity contribution in [3.8, 4) is 0 Å². The molecule has 0 spiro atoms. The summed E-state index contributed by atoms with van der Waals surface area (Å²) in [6.07, 6.45) is 7.28. The molecule has 2 rings (SSSR count). The topological polar surface area (TPSA) is 41.0 Å². The van der Waals surface area contributed by atoms with Crippen molar-refractivity contribution in [3.05, 3.63) is 18.5 Å². The Bertz CT molecular complexity index is 331. The van der Waals surface area contributed by atoms with Crippen molar-refractivity contribution in [3.63, 3.8) is 0 Å². The fourth-order valence-corrected chi connectivity index (χ4v) is 2.31. The number of aromatic nitrogens is 2. The van der Waals surface area contributed by atoms with Gasteiger partial charge in [-0.05, 0) is 37.8 Å². The van der Waals surface area contributed by atoms with E-state index in [1.165, 1.54) is 19.3 Å². The van der Waals surface area contributed by atoms with Crippen LogP contribution in [0.1, 0.15) is 33.1 Å². The molecule has 0 aromatic carbocycles. The zero-order chi connectivity index (χ0) is 12.8. The predicted molar refractivity (Wildman–Crippen MR) is 74.7 cm³/mol. The Morgan fingerprint density at radius 2 is 1.94 bits per heavy atom. The van der Waals surface area contributed by atoms with E-state index in [2.05, 4.69) is 34.0 Å². The first-order valence-electron chi connectivity index (χ1n) is 7.01. The van der Waals surface area contributed by atoms with Crippen LogP contribution < -0.4 is 10.2 Å². The summed E-state index contributed by atoms with van der Waals surface area (Å²) >= 11 is 0. The molecule has 0 bridgehead atoms. The molecule has 1 aliphatic rings. The van der Waals surface area contributed by atoms with Crippen molar-refractivity contribution in [2.24, 2.45) is 5.92 Å². The van der Waals surface area contributed by atoms with Gasteiger partial charge in [0.15, 0.2) is 0 Å². The Morgan fingerprint density at radius 1 is 1.28 bits per heavy atom. The van der Waals surface area contributed by atoms with E-state index in [1.807, 2.05) is 18.5 Å². The Labute approximate surface area is 110 Å². The van der Waals surface area contributed by atoms with Crippen molar-refractivity contribution >= 4 is 5.95 Å². The van der Waals surface area contributed by atoms with E-state index in [0.717, 1.165) is 31.5 Å². The molecule has 100 valence electrons. The maximum Gasteiger partial charge on any atom is 0.225 e. The minimum atomic E-state index is 0.670. The normalized spacial score (nSPS) is 17.4. The van der Waals surface area contributed by atoms with Gasteiger partial charge in [-0.2, -0.15) is 0 Å². The van der Waals surface area contributed by atoms with Crippen LogP contribution in [0.5, 0.6) is 0 Å². The second-order valence-corrected chi connectivity index (χ2v) is 5.45. The van der Waals surface area contributed by atoms with E-state index < -0.39 is 0 Å². The second kappa shape index (κ2) is 6.69. The molecule has 1 N–H and O–H groups in total. The second-order valence-electron chi connectivity index (χ2n) is 5.45. The van der Waals surface area contributed by atoms with Gasteiger partial charge in [-0.1, -0.05) is 13.8 Å². The molecule has 0 radical (unpaired) electrons. The lowest BCUT2D eigenvalue weighted by molar-refractivity contribution is 0.397. The Kier molecular flexibility index (Phi) is 4.93. The number of hydrogen-bond acceptors (Lipinski definition) is 4. The smallest absolute Gasteiger partial charge is 0.225 e. The molecule has 0 atom stereocenters. The van der Waals surface area contributed by atoms with Crippen molar-refractivity contribution in [1.29, 1.82) is 0 Å². The molecule has 0 saturated carbocycles. The lowest BCUT2D eigenvalue weighted by atomic mass is 10.0. The highest BCUT2D eigenvalue weighted by molar-refractivity contribution is 5.29. The van der Waals surface area contributed by atoms with Gasteiger partial charge in [0.05, 0.1) is 0 Å². The first kappa shape index (κ1) is 13.3. The van der Waals surface area contributed by atoms with Crippen molar-refractivity contribution < 1.29 is 0 Å². The zero-order valence-corrected chi connectivity index (χ0v) is 11.5. The highest BCUT2D eigenvalue weighted by Crippen LogP contribution is 2.15. The maximum atomic E-state index is 4.31. The molecule has 1 fully saturated rings. The van der Waals surface area contributed by atoms with E-state index in [0.29, 0.717) is 6.04 Å². The molecule has 1 aromatic heterocycles. The first-order chi connectivity index (χ1) is 8.75. The summed E-state index contributed by atoms with van der Waals surface area (Å²) in [5.74, 6) is 1.66. The molecule has 0 amide bonds. The summed E-state index contributed by atoms with van der Waals surface area (Å²) in [4.78, 5) is 10.9. The molecule has 4 heteroatoms. The molecule has 2 heterocycles. The van der Waals surface area contributed by atoms with E-state index >= 15 is 0 Å². The van der Waals surface area contributed by atoms with Crippen LogP contribution in [0, 0.1) is 5.92 Å². The van der Waals surface area contributed by atoms with Crippen LogP contribution in [-0.2, 0) is 0 Å². The van der Waals surface area contributed by atoms with Gasteiger partial charge < -0.3 is 10.2 Å². The molecule has 4 nitrogen and oxygen atoms in total. The largest absolute Gasteiger partial charge is 0.341 e. The summed E-state index contributed by atoms with van der Waals surface area (Å²) in [5.41, 5.74) is 0. The van der Waals surface area contributed by atoms with Crippen LogP contribution in [-0.4, -0.2) is 35.6 Å². The van der Waals surface area contributed by atoms with Gasteiger partial charge in [-0.15, -0.1) is 0 Å². The van der Waals surface area contributed by atoms with Gasteiger partial charge in [0.2, 0.25) is 5.95 Å². The van der Waals surface area contributed by atoms with Crippen LogP contribution in [0.15, 0.2) is 18.5 Å². The maximum absolute atomic E-state index is 4.31. The quantitative estimate of drug-likeness (QED) is 0.866. The monoisotopic (exact) mass is 248 g/mol. The number of rotatable bonds is 5. The zero-order valence-electron chi connectivity index (χ0n) is 11.5. The number of nitrogens with one attached hydrogen (secondary N) is 1. The third-order valence-electron chi connectivity index (χ3n) is 3.48. The van der Waals surface area contributed by atoms with E-state index in [1.54, 1.807) is 0 Å². The molecule has 1 aromatic rings. The average molecular weight is 248 g/mol. The third kappa shape index (κ3) is 3.95. The van der Waals surface area contributed by atoms with Gasteiger partial charge >= 0.3 is 0 Å². The van der Waals surface area contributed by atoms with Crippen LogP contribution in [0.2, 0.25) is 0 Å². The highest BCUT2D eigenvalue weighted by atomic mass is 15.3. The standard InChI is InChI=1S/C14H24N4/c1-12(2)4-9-15-13-5-10-18(11-6-13)14-16-7-3-8-17-14/h3,7-8,12-13,15H,4-6,9-11H2,1-2H3. The molecule has 0 aliphatic carbocycles. The molecule has 1 aliphatic heterocycles. The fourth-order valence-electron chi connectivity index (χ4n) is 2.31. The number of nitrogens with zero attached hydrogens (tertiary/aromatic N) is 3. The lowest BCUT2D eigenvalue weighted by Gasteiger charge is -2.32. The summed E-state index contributed by atoms with van der Waals surface area (Å²) in [7, 11) is 0. The summed E-state index contributed by atoms with van der Waals surface area (Å²) in [5, 5.41) is 3.66. The van der Waals surface area contributed by atoms with Crippen LogP contribution in [0.4, 0.5) is 5.95 Å². The number of piperidine rings is 1. The van der Waals surface area contributed by atoms with E-state index in [9.17, 15) is 0 Å². The molecular weight excluding hydrogens is 224 g/mol. The Balaban J connectivity index is 1.71. The Morgan fingerprint density at radius 3 is 2.56 bits per heavy atom. The summed E-state index contributed by atoms with van der Waals surface area (Å²) in [6, 6.07) is 2.53. The van der Waals surface area contributed by atoms with Gasteiger partial charge in [0.1, 0.15) is 0 Å². The van der Waals surface area contributed by atoms with Gasteiger partial charge in [0.25, 0.3) is 0 Å². The summed E-state index contributed by atoms with van der Waals surface area (Å²) in [6.45, 7) is 7.81. The SMILES string of the molecule is CC(C)CCNC1CCN(c2ncccn2)CC1. The van der Waals surface area contributed by atoms with E-state index in [-0.39, 0.29) is 0 Å². The average Bonchev–Trinajstić information content (AvgIpc) is 2.40. The van der Waals surface area contributed by atoms with Crippen LogP contribution in [0.3, 0.4) is 0 Å². The van der Waals surface area contributed by atoms with Crippen molar-refractivity contribution in [2.75, 3.05) is 24.5 Å². The minimum absolute atomic E-state index is 0.670. The molecular formula is C14H24N4. The van der Waals surface area contributed by atoms with Crippen LogP contribution in [0.25, 0.3) is 0 Å². The number of anilines is 1. The van der Waals surface area contributed by atoms with Crippen molar-refractivity contribution in [2.45, 2.75) is 39.2 Å².